The van der Waals surface area contributed by atoms with E-state index in [9.17, 15) is 14.9 Å². The van der Waals surface area contributed by atoms with Gasteiger partial charge in [-0.2, -0.15) is 0 Å². The van der Waals surface area contributed by atoms with Crippen LogP contribution in [0, 0.1) is 10.1 Å². The lowest BCUT2D eigenvalue weighted by Crippen LogP contribution is -2.31. The van der Waals surface area contributed by atoms with Crippen molar-refractivity contribution in [1.29, 1.82) is 0 Å². The number of hydrogen-bond acceptors (Lipinski definition) is 6. The highest BCUT2D eigenvalue weighted by atomic mass is 32.2. The molecule has 0 bridgehead atoms. The lowest BCUT2D eigenvalue weighted by atomic mass is 10.1. The highest BCUT2D eigenvalue weighted by Crippen LogP contribution is 2.39. The standard InChI is InChI=1S/C22H18N2O4S2/c25-21-20(30-22(29)23(21)13-12-15-6-2-1-3-7-15)14-16-10-11-19(28-16)17-8-4-5-9-18(17)24(26)27/h1-11,14,22,29H,12-13H2/b20-14-. The van der Waals surface area contributed by atoms with Gasteiger partial charge in [0.05, 0.1) is 15.4 Å². The van der Waals surface area contributed by atoms with Crippen LogP contribution in [0.25, 0.3) is 17.4 Å². The SMILES string of the molecule is O=C1/C(=C/c2ccc(-c3ccccc3[N+](=O)[O-])o2)SC(S)N1CCc1ccccc1. The second-order valence-corrected chi connectivity index (χ2v) is 8.62. The Balaban J connectivity index is 1.51. The number of carbonyl (C=O) groups excluding carboxylic acids is 1. The maximum atomic E-state index is 12.8. The summed E-state index contributed by atoms with van der Waals surface area (Å²) >= 11 is 5.90. The van der Waals surface area contributed by atoms with Crippen molar-refractivity contribution in [3.05, 3.63) is 93.1 Å². The Bertz CT molecular complexity index is 1110. The Morgan fingerprint density at radius 1 is 1.10 bits per heavy atom. The topological polar surface area (TPSA) is 76.6 Å². The van der Waals surface area contributed by atoms with Crippen molar-refractivity contribution in [2.24, 2.45) is 0 Å². The molecule has 0 aliphatic carbocycles. The molecular formula is C22H18N2O4S2. The lowest BCUT2D eigenvalue weighted by molar-refractivity contribution is -0.384. The molecule has 0 radical (unpaired) electrons. The van der Waals surface area contributed by atoms with Gasteiger partial charge < -0.3 is 9.32 Å². The molecule has 1 amide bonds. The zero-order valence-electron chi connectivity index (χ0n) is 15.8. The molecule has 1 unspecified atom stereocenters. The number of nitro groups is 1. The van der Waals surface area contributed by atoms with Gasteiger partial charge in [-0.25, -0.2) is 0 Å². The Kier molecular flexibility index (Phi) is 5.96. The first-order valence-electron chi connectivity index (χ1n) is 9.28. The van der Waals surface area contributed by atoms with Crippen molar-refractivity contribution < 1.29 is 14.1 Å². The first-order valence-corrected chi connectivity index (χ1v) is 10.7. The molecule has 0 spiro atoms. The first-order chi connectivity index (χ1) is 14.5. The summed E-state index contributed by atoms with van der Waals surface area (Å²) in [5.74, 6) is 0.747. The minimum absolute atomic E-state index is 0.0279. The van der Waals surface area contributed by atoms with Gasteiger partial charge in [0.25, 0.3) is 11.6 Å². The molecule has 2 aromatic carbocycles. The highest BCUT2D eigenvalue weighted by molar-refractivity contribution is 8.14. The molecule has 1 saturated heterocycles. The van der Waals surface area contributed by atoms with Gasteiger partial charge in [-0.05, 0) is 30.2 Å². The Labute approximate surface area is 183 Å². The van der Waals surface area contributed by atoms with Crippen molar-refractivity contribution in [1.82, 2.24) is 4.90 Å². The van der Waals surface area contributed by atoms with Crippen LogP contribution in [0.1, 0.15) is 11.3 Å². The Hall–Kier alpha value is -2.97. The maximum absolute atomic E-state index is 12.8. The zero-order chi connectivity index (χ0) is 21.1. The number of para-hydroxylation sites is 1. The molecule has 1 aliphatic heterocycles. The smallest absolute Gasteiger partial charge is 0.280 e. The van der Waals surface area contributed by atoms with Crippen LogP contribution in [0.5, 0.6) is 0 Å². The van der Waals surface area contributed by atoms with Gasteiger partial charge in [0.2, 0.25) is 0 Å². The number of amides is 1. The lowest BCUT2D eigenvalue weighted by Gasteiger charge is -2.19. The van der Waals surface area contributed by atoms with E-state index in [2.05, 4.69) is 12.6 Å². The van der Waals surface area contributed by atoms with Crippen LogP contribution in [0.3, 0.4) is 0 Å². The number of thiol groups is 1. The molecule has 30 heavy (non-hydrogen) atoms. The van der Waals surface area contributed by atoms with Crippen LogP contribution in [0.4, 0.5) is 5.69 Å². The number of nitro benzene ring substituents is 1. The van der Waals surface area contributed by atoms with E-state index < -0.39 is 4.92 Å². The number of hydrogen-bond donors (Lipinski definition) is 1. The Morgan fingerprint density at radius 2 is 1.83 bits per heavy atom. The minimum atomic E-state index is -0.442. The van der Waals surface area contributed by atoms with Crippen molar-refractivity contribution in [3.63, 3.8) is 0 Å². The largest absolute Gasteiger partial charge is 0.456 e. The van der Waals surface area contributed by atoms with Gasteiger partial charge in [-0.3, -0.25) is 14.9 Å². The van der Waals surface area contributed by atoms with E-state index in [1.54, 1.807) is 41.3 Å². The molecule has 1 aromatic heterocycles. The summed E-state index contributed by atoms with van der Waals surface area (Å²) in [6.45, 7) is 0.570. The quantitative estimate of drug-likeness (QED) is 0.247. The summed E-state index contributed by atoms with van der Waals surface area (Å²) in [5, 5.41) is 11.2. The van der Waals surface area contributed by atoms with Crippen LogP contribution < -0.4 is 0 Å². The van der Waals surface area contributed by atoms with Crippen molar-refractivity contribution in [3.8, 4) is 11.3 Å². The monoisotopic (exact) mass is 438 g/mol. The second kappa shape index (κ2) is 8.81. The fourth-order valence-corrected chi connectivity index (χ4v) is 4.74. The third-order valence-corrected chi connectivity index (χ3v) is 6.33. The molecule has 0 saturated carbocycles. The highest BCUT2D eigenvalue weighted by Gasteiger charge is 2.33. The number of furan rings is 1. The van der Waals surface area contributed by atoms with Crippen LogP contribution in [0.15, 0.2) is 76.1 Å². The first kappa shape index (κ1) is 20.3. The van der Waals surface area contributed by atoms with Gasteiger partial charge in [0.15, 0.2) is 0 Å². The van der Waals surface area contributed by atoms with Crippen molar-refractivity contribution in [2.45, 2.75) is 11.1 Å². The minimum Gasteiger partial charge on any atom is -0.456 e. The summed E-state index contributed by atoms with van der Waals surface area (Å²) in [5.41, 5.74) is 1.53. The summed E-state index contributed by atoms with van der Waals surface area (Å²) < 4.78 is 5.51. The number of thioether (sulfide) groups is 1. The number of benzene rings is 2. The molecule has 3 aromatic rings. The van der Waals surface area contributed by atoms with Gasteiger partial charge in [-0.15, -0.1) is 12.6 Å². The van der Waals surface area contributed by atoms with E-state index in [-0.39, 0.29) is 16.3 Å². The molecule has 4 rings (SSSR count). The summed E-state index contributed by atoms with van der Waals surface area (Å²) in [7, 11) is 0. The van der Waals surface area contributed by atoms with E-state index in [1.807, 2.05) is 30.3 Å². The van der Waals surface area contributed by atoms with E-state index in [1.165, 1.54) is 17.8 Å². The van der Waals surface area contributed by atoms with Gasteiger partial charge in [0, 0.05) is 18.7 Å². The molecular weight excluding hydrogens is 420 g/mol. The molecule has 152 valence electrons. The number of nitrogens with zero attached hydrogens (tertiary/aromatic N) is 2. The summed E-state index contributed by atoms with van der Waals surface area (Å²) in [6, 6.07) is 19.8. The van der Waals surface area contributed by atoms with E-state index in [4.69, 9.17) is 4.42 Å². The van der Waals surface area contributed by atoms with E-state index in [0.717, 1.165) is 12.0 Å². The van der Waals surface area contributed by atoms with E-state index in [0.29, 0.717) is 28.5 Å². The molecule has 1 aliphatic rings. The fourth-order valence-electron chi connectivity index (χ4n) is 3.22. The van der Waals surface area contributed by atoms with Gasteiger partial charge in [-0.1, -0.05) is 54.2 Å². The van der Waals surface area contributed by atoms with Gasteiger partial charge >= 0.3 is 0 Å². The van der Waals surface area contributed by atoms with Crippen LogP contribution in [-0.2, 0) is 11.2 Å². The Morgan fingerprint density at radius 3 is 2.60 bits per heavy atom. The van der Waals surface area contributed by atoms with Crippen LogP contribution in [-0.4, -0.2) is 27.0 Å². The molecule has 0 N–H and O–H groups in total. The van der Waals surface area contributed by atoms with Crippen LogP contribution >= 0.6 is 24.4 Å². The molecule has 6 nitrogen and oxygen atoms in total. The third-order valence-electron chi connectivity index (χ3n) is 4.72. The summed E-state index contributed by atoms with van der Waals surface area (Å²) in [6.07, 6.45) is 2.41. The number of rotatable bonds is 6. The fraction of sp³-hybridized carbons (Fsp3) is 0.136. The predicted octanol–water partition coefficient (Wildman–Crippen LogP) is 5.23. The van der Waals surface area contributed by atoms with Crippen LogP contribution in [0.2, 0.25) is 0 Å². The molecule has 1 atom stereocenters. The van der Waals surface area contributed by atoms with Crippen molar-refractivity contribution >= 4 is 42.1 Å². The zero-order valence-corrected chi connectivity index (χ0v) is 17.5. The predicted molar refractivity (Wildman–Crippen MR) is 121 cm³/mol. The average Bonchev–Trinajstić information content (AvgIpc) is 3.32. The average molecular weight is 439 g/mol. The maximum Gasteiger partial charge on any atom is 0.280 e. The molecule has 2 heterocycles. The van der Waals surface area contributed by atoms with Crippen molar-refractivity contribution in [2.75, 3.05) is 6.54 Å². The normalized spacial score (nSPS) is 17.6. The molecule has 1 fully saturated rings. The number of carbonyl (C=O) groups is 1. The summed E-state index contributed by atoms with van der Waals surface area (Å²) in [4.78, 5) is 25.9. The van der Waals surface area contributed by atoms with E-state index >= 15 is 0 Å². The second-order valence-electron chi connectivity index (χ2n) is 6.66. The van der Waals surface area contributed by atoms with Gasteiger partial charge in [0.1, 0.15) is 16.2 Å². The third kappa shape index (κ3) is 4.29. The molecule has 8 heteroatoms.